The monoisotopic (exact) mass is 602 g/mol. The lowest BCUT2D eigenvalue weighted by atomic mass is 10.2. The molecule has 0 spiro atoms. The molecule has 41 heavy (non-hydrogen) atoms. The number of methoxy groups -OCH3 is 2. The van der Waals surface area contributed by atoms with Gasteiger partial charge in [0, 0.05) is 34.6 Å². The van der Waals surface area contributed by atoms with Crippen molar-refractivity contribution in [2.24, 2.45) is 0 Å². The maximum atomic E-state index is 13.6. The second-order valence-corrected chi connectivity index (χ2v) is 19.2. The Morgan fingerprint density at radius 2 is 1.24 bits per heavy atom. The lowest BCUT2D eigenvalue weighted by Gasteiger charge is -2.27. The standard InChI is InChI=1S/C19H23O4P.C12H17O4P/c1-19(2,3)24(20)13-23-17-11-15(21-4)10-16(18(17)24)22-12-14-8-6-5-7-9-14;1-12(2,3)17(14)7-16-10-6-8(15-4)5-9(13)11(10)17/h5-11H,12-13H2,1-4H3;5-6,13H,7H2,1-4H3. The van der Waals surface area contributed by atoms with Gasteiger partial charge in [0.25, 0.3) is 0 Å². The lowest BCUT2D eigenvalue weighted by Crippen LogP contribution is -2.23. The summed E-state index contributed by atoms with van der Waals surface area (Å²) < 4.78 is 54.2. The molecule has 0 saturated heterocycles. The molecule has 1 N–H and O–H groups in total. The number of phenolic OH excluding ortho intramolecular Hbond substituents is 1. The Hall–Kier alpha value is -3.08. The SMILES string of the molecule is COc1cc(O)c2c(c1)OCP2(=O)C(C)(C)C.COc1cc(OCc2ccccc2)c2c(c1)OCP2(=O)C(C)(C)C. The third kappa shape index (κ3) is 5.82. The van der Waals surface area contributed by atoms with E-state index in [9.17, 15) is 14.2 Å². The number of hydrogen-bond donors (Lipinski definition) is 1. The summed E-state index contributed by atoms with van der Waals surface area (Å²) in [6.07, 6.45) is 0.354. The number of phenols is 1. The molecule has 0 bridgehead atoms. The van der Waals surface area contributed by atoms with E-state index in [1.54, 1.807) is 25.3 Å². The zero-order chi connectivity index (χ0) is 30.2. The maximum absolute atomic E-state index is 13.6. The first-order valence-corrected chi connectivity index (χ1v) is 17.2. The van der Waals surface area contributed by atoms with Gasteiger partial charge >= 0.3 is 0 Å². The quantitative estimate of drug-likeness (QED) is 0.313. The minimum absolute atomic E-state index is 0.00453. The highest BCUT2D eigenvalue weighted by Crippen LogP contribution is 2.64. The number of rotatable bonds is 5. The van der Waals surface area contributed by atoms with Gasteiger partial charge in [0.2, 0.25) is 0 Å². The van der Waals surface area contributed by atoms with Crippen molar-refractivity contribution in [1.29, 1.82) is 0 Å². The molecule has 5 rings (SSSR count). The van der Waals surface area contributed by atoms with Crippen LogP contribution in [0.3, 0.4) is 0 Å². The van der Waals surface area contributed by atoms with Crippen LogP contribution in [0.2, 0.25) is 0 Å². The molecule has 2 atom stereocenters. The predicted molar refractivity (Wildman–Crippen MR) is 163 cm³/mol. The van der Waals surface area contributed by atoms with Crippen LogP contribution >= 0.6 is 14.3 Å². The molecule has 10 heteroatoms. The van der Waals surface area contributed by atoms with E-state index in [2.05, 4.69) is 0 Å². The average molecular weight is 603 g/mol. The van der Waals surface area contributed by atoms with E-state index < -0.39 is 24.6 Å². The molecule has 0 aliphatic carbocycles. The van der Waals surface area contributed by atoms with E-state index >= 15 is 0 Å². The third-order valence-corrected chi connectivity index (χ3v) is 15.1. The fourth-order valence-corrected chi connectivity index (χ4v) is 9.56. The van der Waals surface area contributed by atoms with Crippen molar-refractivity contribution in [1.82, 2.24) is 0 Å². The second kappa shape index (κ2) is 11.3. The van der Waals surface area contributed by atoms with Crippen LogP contribution in [0.25, 0.3) is 0 Å². The first-order valence-electron chi connectivity index (χ1n) is 13.4. The summed E-state index contributed by atoms with van der Waals surface area (Å²) in [6, 6.07) is 16.6. The summed E-state index contributed by atoms with van der Waals surface area (Å²) in [5, 5.41) is 10.3. The van der Waals surface area contributed by atoms with Crippen molar-refractivity contribution in [3.8, 4) is 34.5 Å². The molecular formula is C31H40O8P2. The highest BCUT2D eigenvalue weighted by Gasteiger charge is 2.48. The zero-order valence-corrected chi connectivity index (χ0v) is 26.8. The number of aromatic hydroxyl groups is 1. The summed E-state index contributed by atoms with van der Waals surface area (Å²) in [5.74, 6) is 2.80. The van der Waals surface area contributed by atoms with Crippen molar-refractivity contribution in [3.63, 3.8) is 0 Å². The predicted octanol–water partition coefficient (Wildman–Crippen LogP) is 6.95. The van der Waals surface area contributed by atoms with Gasteiger partial charge in [0.1, 0.15) is 53.8 Å². The van der Waals surface area contributed by atoms with Gasteiger partial charge < -0.3 is 37.9 Å². The molecule has 3 aromatic carbocycles. The molecule has 0 fully saturated rings. The van der Waals surface area contributed by atoms with E-state index in [0.29, 0.717) is 46.0 Å². The van der Waals surface area contributed by atoms with Crippen molar-refractivity contribution in [2.45, 2.75) is 58.5 Å². The van der Waals surface area contributed by atoms with E-state index in [0.717, 1.165) is 5.56 Å². The van der Waals surface area contributed by atoms with Crippen LogP contribution in [0.5, 0.6) is 34.5 Å². The first kappa shape index (κ1) is 30.9. The highest BCUT2D eigenvalue weighted by atomic mass is 31.2. The van der Waals surface area contributed by atoms with Gasteiger partial charge in [-0.1, -0.05) is 71.9 Å². The normalized spacial score (nSPS) is 21.0. The van der Waals surface area contributed by atoms with Crippen LogP contribution in [0.1, 0.15) is 47.1 Å². The van der Waals surface area contributed by atoms with Crippen LogP contribution in [-0.4, -0.2) is 42.3 Å². The van der Waals surface area contributed by atoms with Gasteiger partial charge in [-0.2, -0.15) is 0 Å². The number of ether oxygens (including phenoxy) is 5. The van der Waals surface area contributed by atoms with Crippen LogP contribution in [-0.2, 0) is 15.7 Å². The number of benzene rings is 3. The molecular weight excluding hydrogens is 562 g/mol. The summed E-state index contributed by atoms with van der Waals surface area (Å²) in [4.78, 5) is 0. The maximum Gasteiger partial charge on any atom is 0.163 e. The molecule has 2 unspecified atom stereocenters. The topological polar surface area (TPSA) is 101 Å². The summed E-state index contributed by atoms with van der Waals surface area (Å²) in [6.45, 7) is 12.1. The Kier molecular flexibility index (Phi) is 8.51. The van der Waals surface area contributed by atoms with Gasteiger partial charge in [-0.15, -0.1) is 0 Å². The van der Waals surface area contributed by atoms with Crippen molar-refractivity contribution < 1.29 is 37.9 Å². The molecule has 0 aromatic heterocycles. The average Bonchev–Trinajstić information content (AvgIpc) is 3.46. The Morgan fingerprint density at radius 1 is 0.756 bits per heavy atom. The van der Waals surface area contributed by atoms with Crippen LogP contribution in [0.15, 0.2) is 54.6 Å². The number of hydrogen-bond acceptors (Lipinski definition) is 8. The minimum Gasteiger partial charge on any atom is -0.507 e. The van der Waals surface area contributed by atoms with Crippen molar-refractivity contribution in [3.05, 3.63) is 60.2 Å². The Balaban J connectivity index is 0.000000201. The number of fused-ring (bicyclic) bond motifs is 2. The van der Waals surface area contributed by atoms with Crippen molar-refractivity contribution in [2.75, 3.05) is 26.9 Å². The third-order valence-electron chi connectivity index (χ3n) is 7.44. The fraction of sp³-hybridized carbons (Fsp3) is 0.419. The zero-order valence-electron chi connectivity index (χ0n) is 25.0. The van der Waals surface area contributed by atoms with Crippen molar-refractivity contribution >= 4 is 24.9 Å². The summed E-state index contributed by atoms with van der Waals surface area (Å²) >= 11 is 0. The Morgan fingerprint density at radius 3 is 1.76 bits per heavy atom. The molecule has 3 aromatic rings. The van der Waals surface area contributed by atoms with Gasteiger partial charge in [-0.3, -0.25) is 0 Å². The fourth-order valence-electron chi connectivity index (χ4n) is 4.66. The van der Waals surface area contributed by atoms with Gasteiger partial charge in [-0.05, 0) is 5.56 Å². The molecule has 0 radical (unpaired) electrons. The highest BCUT2D eigenvalue weighted by molar-refractivity contribution is 7.74. The smallest absolute Gasteiger partial charge is 0.163 e. The summed E-state index contributed by atoms with van der Waals surface area (Å²) in [7, 11) is -2.36. The minimum atomic E-state index is -2.74. The lowest BCUT2D eigenvalue weighted by molar-refractivity contribution is 0.304. The molecule has 0 amide bonds. The van der Waals surface area contributed by atoms with Gasteiger partial charge in [0.15, 0.2) is 14.3 Å². The van der Waals surface area contributed by atoms with Crippen LogP contribution < -0.4 is 34.3 Å². The first-order chi connectivity index (χ1) is 19.1. The van der Waals surface area contributed by atoms with Gasteiger partial charge in [0.05, 0.1) is 24.8 Å². The van der Waals surface area contributed by atoms with E-state index in [1.165, 1.54) is 13.2 Å². The van der Waals surface area contributed by atoms with Crippen LogP contribution in [0, 0.1) is 0 Å². The van der Waals surface area contributed by atoms with Crippen LogP contribution in [0.4, 0.5) is 0 Å². The van der Waals surface area contributed by atoms with E-state index in [4.69, 9.17) is 23.7 Å². The molecule has 2 aliphatic heterocycles. The summed E-state index contributed by atoms with van der Waals surface area (Å²) in [5.41, 5.74) is 1.05. The molecule has 2 aliphatic rings. The van der Waals surface area contributed by atoms with E-state index in [-0.39, 0.29) is 18.4 Å². The second-order valence-electron chi connectivity index (χ2n) is 12.1. The Bertz CT molecular complexity index is 1500. The largest absolute Gasteiger partial charge is 0.507 e. The molecule has 0 saturated carbocycles. The van der Waals surface area contributed by atoms with Gasteiger partial charge in [-0.25, -0.2) is 0 Å². The van der Waals surface area contributed by atoms with E-state index in [1.807, 2.05) is 71.9 Å². The molecule has 222 valence electrons. The molecule has 2 heterocycles. The molecule has 8 nitrogen and oxygen atoms in total. The Labute approximate surface area is 242 Å².